The first-order valence-electron chi connectivity index (χ1n) is 15.0. The average Bonchev–Trinajstić information content (AvgIpc) is 3.61. The molecule has 9 aromatic rings. The fraction of sp³-hybridized carbons (Fsp3) is 0.0500. The zero-order valence-corrected chi connectivity index (χ0v) is 24.5. The largest absolute Gasteiger partial charge is 0.327 e. The molecular formula is C40H28N4. The predicted molar refractivity (Wildman–Crippen MR) is 184 cm³/mol. The van der Waals surface area contributed by atoms with Crippen LogP contribution in [0.3, 0.4) is 0 Å². The van der Waals surface area contributed by atoms with Crippen LogP contribution >= 0.6 is 0 Å². The van der Waals surface area contributed by atoms with Gasteiger partial charge in [-0.3, -0.25) is 0 Å². The van der Waals surface area contributed by atoms with Crippen molar-refractivity contribution >= 4 is 54.4 Å². The van der Waals surface area contributed by atoms with Gasteiger partial charge in [-0.05, 0) is 92.0 Å². The van der Waals surface area contributed by atoms with Crippen LogP contribution in [0.2, 0.25) is 0 Å². The Kier molecular flexibility index (Phi) is 5.29. The van der Waals surface area contributed by atoms with E-state index < -0.39 is 0 Å². The van der Waals surface area contributed by atoms with Gasteiger partial charge in [0, 0.05) is 25.2 Å². The van der Waals surface area contributed by atoms with E-state index in [0.717, 1.165) is 50.4 Å². The van der Waals surface area contributed by atoms with Crippen molar-refractivity contribution in [3.8, 4) is 33.9 Å². The molecule has 4 nitrogen and oxygen atoms in total. The lowest BCUT2D eigenvalue weighted by Gasteiger charge is -2.14. The standard InChI is InChI=1S/C40H28N4/c1-43-37-17-9-7-15-35(37)41-39(43)27-21-26(22-28(23-27)40-42-36-16-8-10-18-38(36)44(40)2)25-19-20-33-31-13-4-3-11-29(31)30-12-5-6-14-32(30)34(33)24-25/h3-24H,1-2H3. The highest BCUT2D eigenvalue weighted by Gasteiger charge is 2.17. The number of benzene rings is 7. The van der Waals surface area contributed by atoms with Gasteiger partial charge in [-0.25, -0.2) is 9.97 Å². The highest BCUT2D eigenvalue weighted by atomic mass is 15.1. The number of para-hydroxylation sites is 4. The molecule has 0 radical (unpaired) electrons. The van der Waals surface area contributed by atoms with Crippen molar-refractivity contribution in [3.05, 3.63) is 133 Å². The van der Waals surface area contributed by atoms with Gasteiger partial charge in [-0.1, -0.05) is 84.9 Å². The third-order valence-corrected chi connectivity index (χ3v) is 9.10. The molecule has 0 fully saturated rings. The maximum absolute atomic E-state index is 5.08. The Bertz CT molecular complexity index is 2450. The minimum Gasteiger partial charge on any atom is -0.327 e. The Hall–Kier alpha value is -5.74. The number of nitrogens with zero attached hydrogens (tertiary/aromatic N) is 4. The van der Waals surface area contributed by atoms with E-state index in [0.29, 0.717) is 0 Å². The van der Waals surface area contributed by atoms with Gasteiger partial charge in [0.25, 0.3) is 0 Å². The number of aryl methyl sites for hydroxylation is 2. The second-order valence-corrected chi connectivity index (χ2v) is 11.6. The molecule has 0 spiro atoms. The summed E-state index contributed by atoms with van der Waals surface area (Å²) in [5, 5.41) is 7.64. The number of hydrogen-bond acceptors (Lipinski definition) is 2. The first-order chi connectivity index (χ1) is 21.6. The van der Waals surface area contributed by atoms with E-state index >= 15 is 0 Å². The summed E-state index contributed by atoms with van der Waals surface area (Å²) in [7, 11) is 4.19. The quantitative estimate of drug-likeness (QED) is 0.200. The molecule has 0 aliphatic heterocycles. The van der Waals surface area contributed by atoms with E-state index in [-0.39, 0.29) is 0 Å². The van der Waals surface area contributed by atoms with Gasteiger partial charge < -0.3 is 9.13 Å². The Morgan fingerprint density at radius 1 is 0.364 bits per heavy atom. The van der Waals surface area contributed by atoms with Crippen LogP contribution in [0.5, 0.6) is 0 Å². The molecule has 0 saturated heterocycles. The normalized spacial score (nSPS) is 11.9. The third-order valence-electron chi connectivity index (χ3n) is 9.10. The fourth-order valence-corrected chi connectivity index (χ4v) is 6.95. The Morgan fingerprint density at radius 3 is 1.27 bits per heavy atom. The third kappa shape index (κ3) is 3.64. The summed E-state index contributed by atoms with van der Waals surface area (Å²) < 4.78 is 4.38. The monoisotopic (exact) mass is 564 g/mol. The fourth-order valence-electron chi connectivity index (χ4n) is 6.95. The first kappa shape index (κ1) is 24.8. The smallest absolute Gasteiger partial charge is 0.140 e. The zero-order valence-electron chi connectivity index (χ0n) is 24.5. The number of fused-ring (bicyclic) bond motifs is 8. The predicted octanol–water partition coefficient (Wildman–Crippen LogP) is 9.92. The maximum atomic E-state index is 5.08. The molecule has 9 rings (SSSR count). The topological polar surface area (TPSA) is 35.6 Å². The van der Waals surface area contributed by atoms with Gasteiger partial charge >= 0.3 is 0 Å². The van der Waals surface area contributed by atoms with Crippen LogP contribution in [0.25, 0.3) is 88.3 Å². The molecule has 44 heavy (non-hydrogen) atoms. The lowest BCUT2D eigenvalue weighted by Crippen LogP contribution is -1.97. The van der Waals surface area contributed by atoms with Crippen molar-refractivity contribution in [3.63, 3.8) is 0 Å². The summed E-state index contributed by atoms with van der Waals surface area (Å²) in [4.78, 5) is 10.2. The molecule has 208 valence electrons. The second kappa shape index (κ2) is 9.38. The molecule has 0 saturated carbocycles. The second-order valence-electron chi connectivity index (χ2n) is 11.6. The van der Waals surface area contributed by atoms with E-state index in [1.54, 1.807) is 0 Å². The summed E-state index contributed by atoms with van der Waals surface area (Å²) in [6.07, 6.45) is 0. The van der Waals surface area contributed by atoms with Crippen LogP contribution in [0.15, 0.2) is 133 Å². The molecular weight excluding hydrogens is 536 g/mol. The first-order valence-corrected chi connectivity index (χ1v) is 15.0. The van der Waals surface area contributed by atoms with Crippen LogP contribution in [-0.4, -0.2) is 19.1 Å². The van der Waals surface area contributed by atoms with Gasteiger partial charge in [0.1, 0.15) is 11.6 Å². The molecule has 0 N–H and O–H groups in total. The molecule has 2 heterocycles. The van der Waals surface area contributed by atoms with Crippen molar-refractivity contribution < 1.29 is 0 Å². The summed E-state index contributed by atoms with van der Waals surface area (Å²) in [5.41, 5.74) is 8.63. The molecule has 2 aromatic heterocycles. The Labute approximate surface area is 254 Å². The summed E-state index contributed by atoms with van der Waals surface area (Å²) in [6, 6.07) is 47.8. The minimum absolute atomic E-state index is 0.935. The molecule has 0 atom stereocenters. The number of imidazole rings is 2. The van der Waals surface area contributed by atoms with E-state index in [4.69, 9.17) is 9.97 Å². The van der Waals surface area contributed by atoms with Crippen molar-refractivity contribution in [2.45, 2.75) is 0 Å². The summed E-state index contributed by atoms with van der Waals surface area (Å²) in [5.74, 6) is 1.87. The van der Waals surface area contributed by atoms with Crippen molar-refractivity contribution in [2.75, 3.05) is 0 Å². The van der Waals surface area contributed by atoms with Crippen LogP contribution in [0.1, 0.15) is 0 Å². The van der Waals surface area contributed by atoms with E-state index in [9.17, 15) is 0 Å². The van der Waals surface area contributed by atoms with Crippen molar-refractivity contribution in [2.24, 2.45) is 14.1 Å². The SMILES string of the molecule is Cn1c(-c2cc(-c3ccc4c5ccccc5c5ccccc5c4c3)cc(-c3nc4ccccc4n3C)c2)nc2ccccc21. The molecule has 7 aromatic carbocycles. The highest BCUT2D eigenvalue weighted by Crippen LogP contribution is 2.39. The molecule has 0 aliphatic carbocycles. The lowest BCUT2D eigenvalue weighted by molar-refractivity contribution is 0.954. The van der Waals surface area contributed by atoms with Gasteiger partial charge in [0.05, 0.1) is 22.1 Å². The van der Waals surface area contributed by atoms with E-state index in [1.807, 2.05) is 12.1 Å². The molecule has 0 amide bonds. The van der Waals surface area contributed by atoms with Crippen molar-refractivity contribution in [1.82, 2.24) is 19.1 Å². The summed E-state index contributed by atoms with van der Waals surface area (Å²) >= 11 is 0. The number of rotatable bonds is 3. The van der Waals surface area contributed by atoms with Gasteiger partial charge in [-0.2, -0.15) is 0 Å². The lowest BCUT2D eigenvalue weighted by atomic mass is 9.91. The van der Waals surface area contributed by atoms with Crippen LogP contribution in [0.4, 0.5) is 0 Å². The highest BCUT2D eigenvalue weighted by molar-refractivity contribution is 6.25. The van der Waals surface area contributed by atoms with Gasteiger partial charge in [-0.15, -0.1) is 0 Å². The maximum Gasteiger partial charge on any atom is 0.140 e. The van der Waals surface area contributed by atoms with Crippen LogP contribution in [0, 0.1) is 0 Å². The van der Waals surface area contributed by atoms with Gasteiger partial charge in [0.15, 0.2) is 0 Å². The average molecular weight is 565 g/mol. The molecule has 0 bridgehead atoms. The van der Waals surface area contributed by atoms with E-state index in [1.165, 1.54) is 37.9 Å². The Morgan fingerprint density at radius 2 is 0.773 bits per heavy atom. The molecule has 0 unspecified atom stereocenters. The zero-order chi connectivity index (χ0) is 29.4. The van der Waals surface area contributed by atoms with E-state index in [2.05, 4.69) is 145 Å². The number of hydrogen-bond donors (Lipinski definition) is 0. The summed E-state index contributed by atoms with van der Waals surface area (Å²) in [6.45, 7) is 0. The van der Waals surface area contributed by atoms with Crippen LogP contribution < -0.4 is 0 Å². The Balaban J connectivity index is 1.33. The molecule has 0 aliphatic rings. The van der Waals surface area contributed by atoms with Crippen LogP contribution in [-0.2, 0) is 14.1 Å². The molecule has 4 heteroatoms. The number of aromatic nitrogens is 4. The minimum atomic E-state index is 0.935. The van der Waals surface area contributed by atoms with Crippen molar-refractivity contribution in [1.29, 1.82) is 0 Å². The van der Waals surface area contributed by atoms with Gasteiger partial charge in [0.2, 0.25) is 0 Å².